The Hall–Kier alpha value is -4.54. The second-order valence-corrected chi connectivity index (χ2v) is 29.9. The average molecular weight is 1500 g/mol. The first kappa shape index (κ1) is 99.5. The Bertz CT molecular complexity index is 2280. The minimum absolute atomic E-state index is 0.0884. The van der Waals surface area contributed by atoms with Crippen LogP contribution < -0.4 is 0 Å². The second-order valence-electron chi connectivity index (χ2n) is 27.0. The van der Waals surface area contributed by atoms with E-state index >= 15 is 0 Å². The van der Waals surface area contributed by atoms with Crippen molar-refractivity contribution in [2.45, 2.75) is 354 Å². The third-order valence-corrected chi connectivity index (χ3v) is 18.9. The zero-order chi connectivity index (χ0) is 76.0. The van der Waals surface area contributed by atoms with Gasteiger partial charge in [0.1, 0.15) is 19.3 Å². The van der Waals surface area contributed by atoms with Crippen LogP contribution in [0.25, 0.3) is 0 Å². The molecule has 0 aliphatic carbocycles. The van der Waals surface area contributed by atoms with Gasteiger partial charge in [0.25, 0.3) is 0 Å². The number of hydrogen-bond donors (Lipinski definition) is 3. The van der Waals surface area contributed by atoms with Crippen molar-refractivity contribution in [3.05, 3.63) is 122 Å². The van der Waals surface area contributed by atoms with E-state index in [4.69, 9.17) is 37.0 Å². The summed E-state index contributed by atoms with van der Waals surface area (Å²) >= 11 is 0. The molecule has 0 saturated carbocycles. The molecule has 0 saturated heterocycles. The van der Waals surface area contributed by atoms with E-state index in [0.29, 0.717) is 25.7 Å². The van der Waals surface area contributed by atoms with Crippen LogP contribution in [-0.2, 0) is 65.4 Å². The highest BCUT2D eigenvalue weighted by molar-refractivity contribution is 7.47. The van der Waals surface area contributed by atoms with Crippen LogP contribution in [0, 0.1) is 0 Å². The van der Waals surface area contributed by atoms with Crippen LogP contribution in [0.1, 0.15) is 336 Å². The van der Waals surface area contributed by atoms with Crippen LogP contribution >= 0.6 is 15.6 Å². The average Bonchev–Trinajstić information content (AvgIpc) is 0.913. The molecule has 0 fully saturated rings. The smallest absolute Gasteiger partial charge is 0.462 e. The molecule has 0 spiro atoms. The summed E-state index contributed by atoms with van der Waals surface area (Å²) in [6.45, 7) is 4.61. The molecule has 598 valence electrons. The Balaban J connectivity index is 5.38. The van der Waals surface area contributed by atoms with Crippen molar-refractivity contribution in [3.63, 3.8) is 0 Å². The van der Waals surface area contributed by atoms with Gasteiger partial charge in [0.05, 0.1) is 26.4 Å². The number of unbranched alkanes of at least 4 members (excludes halogenated alkanes) is 30. The summed E-state index contributed by atoms with van der Waals surface area (Å²) in [4.78, 5) is 73.0. The molecule has 0 rings (SSSR count). The summed E-state index contributed by atoms with van der Waals surface area (Å²) in [5.74, 6) is -2.23. The van der Waals surface area contributed by atoms with Crippen LogP contribution in [0.4, 0.5) is 0 Å². The molecule has 0 aliphatic rings. The molecule has 0 radical (unpaired) electrons. The summed E-state index contributed by atoms with van der Waals surface area (Å²) in [7, 11) is -9.97. The Morgan fingerprint density at radius 1 is 0.279 bits per heavy atom. The van der Waals surface area contributed by atoms with Gasteiger partial charge in [-0.15, -0.1) is 0 Å². The third-order valence-electron chi connectivity index (χ3n) is 17.0. The van der Waals surface area contributed by atoms with Crippen molar-refractivity contribution in [3.8, 4) is 0 Å². The minimum atomic E-state index is -4.99. The number of allylic oxidation sites excluding steroid dienone is 20. The van der Waals surface area contributed by atoms with E-state index in [1.54, 1.807) is 0 Å². The molecule has 0 aromatic heterocycles. The van der Waals surface area contributed by atoms with Crippen molar-refractivity contribution in [1.29, 1.82) is 0 Å². The van der Waals surface area contributed by atoms with Crippen molar-refractivity contribution in [2.75, 3.05) is 39.6 Å². The molecule has 17 nitrogen and oxygen atoms in total. The summed E-state index contributed by atoms with van der Waals surface area (Å²) in [5.41, 5.74) is 0. The van der Waals surface area contributed by atoms with Gasteiger partial charge in [-0.2, -0.15) is 0 Å². The largest absolute Gasteiger partial charge is 0.472 e. The molecule has 0 aliphatic heterocycles. The topological polar surface area (TPSA) is 237 Å². The molecule has 104 heavy (non-hydrogen) atoms. The number of esters is 4. The molecular weight excluding hydrogens is 1350 g/mol. The Morgan fingerprint density at radius 3 is 0.769 bits per heavy atom. The molecule has 0 amide bonds. The van der Waals surface area contributed by atoms with Gasteiger partial charge in [0, 0.05) is 25.7 Å². The molecular formula is C85H146O17P2. The number of ether oxygens (including phenoxy) is 4. The summed E-state index contributed by atoms with van der Waals surface area (Å²) in [5, 5.41) is 10.6. The predicted molar refractivity (Wildman–Crippen MR) is 427 cm³/mol. The monoisotopic (exact) mass is 1500 g/mol. The summed E-state index contributed by atoms with van der Waals surface area (Å²) < 4.78 is 68.6. The van der Waals surface area contributed by atoms with E-state index < -0.39 is 97.5 Å². The first-order valence-corrected chi connectivity index (χ1v) is 43.8. The molecule has 4 atom stereocenters. The minimum Gasteiger partial charge on any atom is -0.462 e. The quantitative estimate of drug-likeness (QED) is 0.0169. The van der Waals surface area contributed by atoms with Gasteiger partial charge in [-0.1, -0.05) is 316 Å². The van der Waals surface area contributed by atoms with E-state index in [-0.39, 0.29) is 25.7 Å². The van der Waals surface area contributed by atoms with E-state index in [2.05, 4.69) is 149 Å². The molecule has 0 bridgehead atoms. The highest BCUT2D eigenvalue weighted by atomic mass is 31.2. The Morgan fingerprint density at radius 2 is 0.500 bits per heavy atom. The van der Waals surface area contributed by atoms with Crippen LogP contribution in [0.3, 0.4) is 0 Å². The van der Waals surface area contributed by atoms with Crippen LogP contribution in [0.15, 0.2) is 122 Å². The lowest BCUT2D eigenvalue weighted by Crippen LogP contribution is -2.30. The number of carbonyl (C=O) groups is 4. The third kappa shape index (κ3) is 75.7. The maximum absolute atomic E-state index is 13.1. The lowest BCUT2D eigenvalue weighted by Gasteiger charge is -2.21. The highest BCUT2D eigenvalue weighted by Gasteiger charge is 2.30. The fourth-order valence-electron chi connectivity index (χ4n) is 10.8. The van der Waals surface area contributed by atoms with Gasteiger partial charge >= 0.3 is 39.5 Å². The van der Waals surface area contributed by atoms with Crippen molar-refractivity contribution in [1.82, 2.24) is 0 Å². The number of carbonyl (C=O) groups excluding carboxylic acids is 4. The van der Waals surface area contributed by atoms with Gasteiger partial charge in [0.2, 0.25) is 0 Å². The molecule has 0 heterocycles. The number of phosphoric acid groups is 2. The van der Waals surface area contributed by atoms with Crippen LogP contribution in [0.5, 0.6) is 0 Å². The van der Waals surface area contributed by atoms with Crippen molar-refractivity contribution in [2.24, 2.45) is 0 Å². The van der Waals surface area contributed by atoms with E-state index in [9.17, 15) is 43.2 Å². The zero-order valence-corrected chi connectivity index (χ0v) is 67.2. The SMILES string of the molecule is CC/C=C\C/C=C\C/C=C\C/C=C\C/C=C\CCCCCC(=O)OC[C@H](COP(=O)(O)OCC(O)COP(=O)(O)OC[C@@H](COC(=O)CCCCC/C=C\C/C=C\C/C=C\C/C=C\C/C=C\CC)OC(=O)CCCCCCCCCCCCCCC)OC(=O)CCCCCCCCCCCCCCC. The fraction of sp³-hybridized carbons (Fsp3) is 0.718. The Kier molecular flexibility index (Phi) is 73.3. The van der Waals surface area contributed by atoms with E-state index in [0.717, 1.165) is 154 Å². The second kappa shape index (κ2) is 76.6. The molecule has 3 N–H and O–H groups in total. The van der Waals surface area contributed by atoms with Gasteiger partial charge in [-0.05, 0) is 116 Å². The van der Waals surface area contributed by atoms with Crippen molar-refractivity contribution >= 4 is 39.5 Å². The standard InChI is InChI=1S/C85H146O17P2/c1-5-9-13-17-21-25-29-33-35-37-39-41-43-47-49-53-57-61-65-69-82(87)95-75-80(101-84(89)71-67-63-59-55-51-45-31-27-23-19-15-11-7-3)77-99-103(91,92)97-73-79(86)74-98-104(93,94)100-78-81(102-85(90)72-68-64-60-56-52-46-32-28-24-20-16-12-8-4)76-96-83(88)70-66-62-58-54-50-48-44-42-40-38-36-34-30-26-22-18-14-10-6-2/h9-10,13-14,21-22,25-26,33-36,39-42,47-50,79-81,86H,5-8,11-12,15-20,23-24,27-32,37-38,43-46,51-78H2,1-4H3,(H,91,92)(H,93,94)/b13-9-,14-10-,25-21-,26-22-,35-33-,36-34-,41-39-,42-40-,49-47-,50-48-/t80-,81-/m1/s1. The maximum atomic E-state index is 13.1. The first-order chi connectivity index (χ1) is 50.7. The van der Waals surface area contributed by atoms with Gasteiger partial charge in [0.15, 0.2) is 12.2 Å². The molecule has 0 aromatic rings. The number of phosphoric ester groups is 2. The number of aliphatic hydroxyl groups excluding tert-OH is 1. The Labute approximate surface area is 632 Å². The number of hydrogen-bond acceptors (Lipinski definition) is 15. The number of aliphatic hydroxyl groups is 1. The first-order valence-electron chi connectivity index (χ1n) is 40.8. The molecule has 19 heteroatoms. The van der Waals surface area contributed by atoms with Crippen LogP contribution in [-0.4, -0.2) is 96.7 Å². The molecule has 0 aromatic carbocycles. The predicted octanol–water partition coefficient (Wildman–Crippen LogP) is 23.9. The van der Waals surface area contributed by atoms with E-state index in [1.807, 2.05) is 0 Å². The lowest BCUT2D eigenvalue weighted by molar-refractivity contribution is -0.161. The van der Waals surface area contributed by atoms with Gasteiger partial charge in [-0.25, -0.2) is 9.13 Å². The maximum Gasteiger partial charge on any atom is 0.472 e. The number of rotatable bonds is 76. The summed E-state index contributed by atoms with van der Waals surface area (Å²) in [6.07, 6.45) is 84.6. The molecule has 2 unspecified atom stereocenters. The van der Waals surface area contributed by atoms with Crippen molar-refractivity contribution < 1.29 is 80.2 Å². The van der Waals surface area contributed by atoms with Gasteiger partial charge in [-0.3, -0.25) is 37.3 Å². The van der Waals surface area contributed by atoms with E-state index in [1.165, 1.54) is 103 Å². The zero-order valence-electron chi connectivity index (χ0n) is 65.4. The van der Waals surface area contributed by atoms with Gasteiger partial charge < -0.3 is 33.8 Å². The highest BCUT2D eigenvalue weighted by Crippen LogP contribution is 2.45. The lowest BCUT2D eigenvalue weighted by atomic mass is 10.0. The summed E-state index contributed by atoms with van der Waals surface area (Å²) in [6, 6.07) is 0. The fourth-order valence-corrected chi connectivity index (χ4v) is 12.4. The van der Waals surface area contributed by atoms with Crippen LogP contribution in [0.2, 0.25) is 0 Å². The normalized spacial score (nSPS) is 14.5.